The zero-order valence-electron chi connectivity index (χ0n) is 16.1. The van der Waals surface area contributed by atoms with Gasteiger partial charge in [0.25, 0.3) is 5.71 Å². The van der Waals surface area contributed by atoms with Gasteiger partial charge in [0.15, 0.2) is 0 Å². The molecule has 0 radical (unpaired) electrons. The zero-order chi connectivity index (χ0) is 21.3. The number of ether oxygens (including phenoxy) is 1. The molecule has 2 aromatic carbocycles. The van der Waals surface area contributed by atoms with Gasteiger partial charge in [-0.25, -0.2) is 14.2 Å². The smallest absolute Gasteiger partial charge is 0.376 e. The minimum Gasteiger partial charge on any atom is -0.460 e. The van der Waals surface area contributed by atoms with Crippen LogP contribution in [0.3, 0.4) is 0 Å². The predicted octanol–water partition coefficient (Wildman–Crippen LogP) is 5.31. The van der Waals surface area contributed by atoms with Crippen molar-refractivity contribution >= 4 is 40.2 Å². The summed E-state index contributed by atoms with van der Waals surface area (Å²) < 4.78 is 23.7. The number of esters is 1. The van der Waals surface area contributed by atoms with E-state index in [1.165, 1.54) is 12.1 Å². The summed E-state index contributed by atoms with van der Waals surface area (Å²) in [5, 5.41) is 8.07. The Morgan fingerprint density at radius 2 is 1.97 bits per heavy atom. The van der Waals surface area contributed by atoms with Crippen molar-refractivity contribution in [2.75, 3.05) is 11.9 Å². The lowest BCUT2D eigenvalue weighted by atomic mass is 10.1. The second-order valence-electron chi connectivity index (χ2n) is 6.44. The van der Waals surface area contributed by atoms with Crippen LogP contribution in [-0.2, 0) is 4.74 Å². The molecule has 0 saturated heterocycles. The van der Waals surface area contributed by atoms with Crippen LogP contribution in [0.5, 0.6) is 0 Å². The van der Waals surface area contributed by atoms with E-state index in [-0.39, 0.29) is 29.8 Å². The van der Waals surface area contributed by atoms with Gasteiger partial charge >= 0.3 is 5.97 Å². The fraction of sp³-hybridized carbons (Fsp3) is 0.143. The topological polar surface area (TPSA) is 90.1 Å². The lowest BCUT2D eigenvalue weighted by Crippen LogP contribution is -2.11. The number of carbonyl (C=O) groups excluding carboxylic acids is 1. The quantitative estimate of drug-likeness (QED) is 0.432. The number of aryl methyl sites for hydroxylation is 1. The summed E-state index contributed by atoms with van der Waals surface area (Å²) >= 11 is 6.35. The lowest BCUT2D eigenvalue weighted by Gasteiger charge is -2.11. The number of aromatic nitrogens is 3. The van der Waals surface area contributed by atoms with E-state index in [9.17, 15) is 9.18 Å². The first-order chi connectivity index (χ1) is 14.5. The summed E-state index contributed by atoms with van der Waals surface area (Å²) in [6.07, 6.45) is 0. The van der Waals surface area contributed by atoms with Gasteiger partial charge in [-0.1, -0.05) is 22.8 Å². The Kier molecular flexibility index (Phi) is 5.33. The molecule has 0 unspecified atom stereocenters. The molecule has 0 bridgehead atoms. The average Bonchev–Trinajstić information content (AvgIpc) is 3.15. The van der Waals surface area contributed by atoms with E-state index in [1.807, 2.05) is 13.0 Å². The molecule has 2 aromatic heterocycles. The fourth-order valence-corrected chi connectivity index (χ4v) is 3.17. The van der Waals surface area contributed by atoms with Gasteiger partial charge in [0.1, 0.15) is 22.7 Å². The van der Waals surface area contributed by atoms with Crippen molar-refractivity contribution in [1.82, 2.24) is 15.1 Å². The fourth-order valence-electron chi connectivity index (χ4n) is 2.89. The maximum Gasteiger partial charge on any atom is 0.376 e. The first-order valence-electron chi connectivity index (χ1n) is 9.10. The number of hydrogen-bond donors (Lipinski definition) is 1. The van der Waals surface area contributed by atoms with Crippen molar-refractivity contribution in [2.24, 2.45) is 0 Å². The Hall–Kier alpha value is -3.52. The molecule has 7 nitrogen and oxygen atoms in total. The van der Waals surface area contributed by atoms with Crippen molar-refractivity contribution in [3.05, 3.63) is 64.7 Å². The second-order valence-corrected chi connectivity index (χ2v) is 6.85. The van der Waals surface area contributed by atoms with Crippen LogP contribution in [-0.4, -0.2) is 27.7 Å². The second kappa shape index (κ2) is 8.08. The standard InChI is InChI=1S/C21H16ClFN4O3/c1-3-29-21(28)19-25-18(24-15-9-4-11(2)10-14(15)22)16-17(27-30-20(16)26-19)12-5-7-13(23)8-6-12/h4-10H,3H2,1-2H3,(H,24,25,26). The summed E-state index contributed by atoms with van der Waals surface area (Å²) in [5.41, 5.74) is 2.64. The van der Waals surface area contributed by atoms with Gasteiger partial charge in [-0.05, 0) is 55.8 Å². The minimum atomic E-state index is -0.697. The van der Waals surface area contributed by atoms with Crippen LogP contribution >= 0.6 is 11.6 Å². The molecule has 0 amide bonds. The van der Waals surface area contributed by atoms with Gasteiger partial charge in [-0.2, -0.15) is 4.98 Å². The molecule has 0 atom stereocenters. The first-order valence-corrected chi connectivity index (χ1v) is 9.47. The van der Waals surface area contributed by atoms with Crippen LogP contribution in [0.2, 0.25) is 5.02 Å². The number of halogens is 2. The van der Waals surface area contributed by atoms with Crippen molar-refractivity contribution in [2.45, 2.75) is 13.8 Å². The molecule has 4 aromatic rings. The van der Waals surface area contributed by atoms with Crippen LogP contribution in [0.25, 0.3) is 22.4 Å². The number of anilines is 2. The van der Waals surface area contributed by atoms with Crippen LogP contribution in [0.1, 0.15) is 23.1 Å². The third-order valence-electron chi connectivity index (χ3n) is 4.29. The van der Waals surface area contributed by atoms with Crippen LogP contribution in [0.4, 0.5) is 15.9 Å². The van der Waals surface area contributed by atoms with Crippen molar-refractivity contribution in [1.29, 1.82) is 0 Å². The molecule has 0 spiro atoms. The summed E-state index contributed by atoms with van der Waals surface area (Å²) in [7, 11) is 0. The van der Waals surface area contributed by atoms with Crippen molar-refractivity contribution < 1.29 is 18.4 Å². The summed E-state index contributed by atoms with van der Waals surface area (Å²) in [5.74, 6) is -0.999. The van der Waals surface area contributed by atoms with E-state index in [0.717, 1.165) is 5.56 Å². The summed E-state index contributed by atoms with van der Waals surface area (Å²) in [4.78, 5) is 20.7. The largest absolute Gasteiger partial charge is 0.460 e. The third-order valence-corrected chi connectivity index (χ3v) is 4.60. The van der Waals surface area contributed by atoms with Gasteiger partial charge in [0.05, 0.1) is 17.3 Å². The predicted molar refractivity (Wildman–Crippen MR) is 110 cm³/mol. The van der Waals surface area contributed by atoms with E-state index in [4.69, 9.17) is 20.9 Å². The van der Waals surface area contributed by atoms with Crippen molar-refractivity contribution in [3.8, 4) is 11.3 Å². The van der Waals surface area contributed by atoms with Gasteiger partial charge < -0.3 is 14.6 Å². The molecule has 2 heterocycles. The van der Waals surface area contributed by atoms with E-state index in [2.05, 4.69) is 20.4 Å². The molecule has 0 aliphatic heterocycles. The summed E-state index contributed by atoms with van der Waals surface area (Å²) in [6, 6.07) is 11.2. The molecule has 0 aliphatic rings. The maximum absolute atomic E-state index is 13.4. The van der Waals surface area contributed by atoms with Crippen LogP contribution in [0.15, 0.2) is 47.0 Å². The molecule has 0 saturated carbocycles. The molecule has 9 heteroatoms. The molecule has 152 valence electrons. The van der Waals surface area contributed by atoms with Crippen LogP contribution in [0, 0.1) is 12.7 Å². The number of nitrogens with zero attached hydrogens (tertiary/aromatic N) is 3. The van der Waals surface area contributed by atoms with E-state index < -0.39 is 5.97 Å². The Labute approximate surface area is 175 Å². The van der Waals surface area contributed by atoms with E-state index in [0.29, 0.717) is 27.4 Å². The number of nitrogens with one attached hydrogen (secondary N) is 1. The van der Waals surface area contributed by atoms with Gasteiger partial charge in [0.2, 0.25) is 5.82 Å². The Morgan fingerprint density at radius 3 is 2.67 bits per heavy atom. The molecule has 30 heavy (non-hydrogen) atoms. The Morgan fingerprint density at radius 1 is 1.20 bits per heavy atom. The highest BCUT2D eigenvalue weighted by Crippen LogP contribution is 2.35. The van der Waals surface area contributed by atoms with Gasteiger partial charge in [0, 0.05) is 5.56 Å². The molecular weight excluding hydrogens is 411 g/mol. The molecule has 4 rings (SSSR count). The number of benzene rings is 2. The molecule has 0 fully saturated rings. The number of fused-ring (bicyclic) bond motifs is 1. The molecular formula is C21H16ClFN4O3. The average molecular weight is 427 g/mol. The Balaban J connectivity index is 1.89. The highest BCUT2D eigenvalue weighted by atomic mass is 35.5. The van der Waals surface area contributed by atoms with Crippen molar-refractivity contribution in [3.63, 3.8) is 0 Å². The van der Waals surface area contributed by atoms with Gasteiger partial charge in [-0.3, -0.25) is 0 Å². The lowest BCUT2D eigenvalue weighted by molar-refractivity contribution is 0.0512. The zero-order valence-corrected chi connectivity index (χ0v) is 16.8. The highest BCUT2D eigenvalue weighted by molar-refractivity contribution is 6.33. The van der Waals surface area contributed by atoms with Gasteiger partial charge in [-0.15, -0.1) is 0 Å². The van der Waals surface area contributed by atoms with E-state index in [1.54, 1.807) is 31.2 Å². The number of rotatable bonds is 5. The SMILES string of the molecule is CCOC(=O)c1nc(Nc2ccc(C)cc2Cl)c2c(-c3ccc(F)cc3)noc2n1. The molecule has 1 N–H and O–H groups in total. The normalized spacial score (nSPS) is 10.9. The number of hydrogen-bond acceptors (Lipinski definition) is 7. The number of carbonyl (C=O) groups is 1. The third kappa shape index (κ3) is 3.81. The van der Waals surface area contributed by atoms with Crippen LogP contribution < -0.4 is 5.32 Å². The molecule has 0 aliphatic carbocycles. The highest BCUT2D eigenvalue weighted by Gasteiger charge is 2.22. The first kappa shape index (κ1) is 19.8. The van der Waals surface area contributed by atoms with E-state index >= 15 is 0 Å². The summed E-state index contributed by atoms with van der Waals surface area (Å²) in [6.45, 7) is 3.77. The maximum atomic E-state index is 13.4. The Bertz CT molecular complexity index is 1240. The minimum absolute atomic E-state index is 0.0816. The monoisotopic (exact) mass is 426 g/mol.